The second-order valence-electron chi connectivity index (χ2n) is 11.7. The largest absolute Gasteiger partial charge is 0.444 e. The Kier molecular flexibility index (Phi) is 8.24. The lowest BCUT2D eigenvalue weighted by atomic mass is 9.87. The van der Waals surface area contributed by atoms with E-state index < -0.39 is 11.5 Å². The Morgan fingerprint density at radius 1 is 1.05 bits per heavy atom. The second kappa shape index (κ2) is 11.4. The van der Waals surface area contributed by atoms with Crippen LogP contribution in [0.2, 0.25) is 0 Å². The van der Waals surface area contributed by atoms with Gasteiger partial charge in [-0.2, -0.15) is 0 Å². The van der Waals surface area contributed by atoms with Gasteiger partial charge in [0.15, 0.2) is 0 Å². The van der Waals surface area contributed by atoms with E-state index >= 15 is 0 Å². The fraction of sp³-hybridized carbons (Fsp3) is 0.452. The van der Waals surface area contributed by atoms with E-state index in [-0.39, 0.29) is 36.2 Å². The van der Waals surface area contributed by atoms with Crippen LogP contribution in [0, 0.1) is 11.8 Å². The lowest BCUT2D eigenvalue weighted by Crippen LogP contribution is -2.43. The Bertz CT molecular complexity index is 1190. The zero-order chi connectivity index (χ0) is 27.4. The van der Waals surface area contributed by atoms with Gasteiger partial charge < -0.3 is 19.9 Å². The molecule has 1 unspecified atom stereocenters. The number of carbonyl (C=O) groups excluding carboxylic acids is 3. The lowest BCUT2D eigenvalue weighted by Gasteiger charge is -2.33. The first-order valence-corrected chi connectivity index (χ1v) is 13.3. The van der Waals surface area contributed by atoms with E-state index in [1.165, 1.54) is 5.56 Å². The molecule has 0 radical (unpaired) electrons. The Balaban J connectivity index is 1.58. The lowest BCUT2D eigenvalue weighted by molar-refractivity contribution is -0.135. The summed E-state index contributed by atoms with van der Waals surface area (Å²) in [7, 11) is 0. The van der Waals surface area contributed by atoms with E-state index in [9.17, 15) is 14.4 Å². The number of benzene rings is 2. The van der Waals surface area contributed by atoms with E-state index in [0.29, 0.717) is 31.9 Å². The number of ether oxygens (including phenoxy) is 1. The molecule has 4 rings (SSSR count). The summed E-state index contributed by atoms with van der Waals surface area (Å²) in [5.74, 6) is -0.568. The SMILES string of the molecule is C=C(C)CN(C[C@@H]1CN(C(=O)OC(C)(C)C)C[C@H]1Cc1ccccc1)C(=O)C1CC(=O)Nc2ccccc21. The fourth-order valence-corrected chi connectivity index (χ4v) is 5.46. The number of hydrogen-bond acceptors (Lipinski definition) is 4. The van der Waals surface area contributed by atoms with Gasteiger partial charge in [0, 0.05) is 38.3 Å². The fourth-order valence-electron chi connectivity index (χ4n) is 5.46. The quantitative estimate of drug-likeness (QED) is 0.510. The molecule has 2 aliphatic heterocycles. The van der Waals surface area contributed by atoms with Crippen molar-refractivity contribution in [3.05, 3.63) is 77.9 Å². The molecule has 0 saturated carbocycles. The van der Waals surface area contributed by atoms with E-state index in [1.54, 1.807) is 4.90 Å². The summed E-state index contributed by atoms with van der Waals surface area (Å²) in [6.45, 7) is 13.5. The van der Waals surface area contributed by atoms with E-state index in [4.69, 9.17) is 4.74 Å². The van der Waals surface area contributed by atoms with Crippen LogP contribution in [0.1, 0.15) is 51.2 Å². The molecule has 0 aliphatic carbocycles. The highest BCUT2D eigenvalue weighted by atomic mass is 16.6. The number of likely N-dealkylation sites (tertiary alicyclic amines) is 1. The van der Waals surface area contributed by atoms with Crippen LogP contribution >= 0.6 is 0 Å². The van der Waals surface area contributed by atoms with Gasteiger partial charge in [0.25, 0.3) is 0 Å². The van der Waals surface area contributed by atoms with Crippen molar-refractivity contribution in [3.8, 4) is 0 Å². The minimum absolute atomic E-state index is 0.0543. The minimum Gasteiger partial charge on any atom is -0.444 e. The van der Waals surface area contributed by atoms with Gasteiger partial charge in [-0.3, -0.25) is 9.59 Å². The van der Waals surface area contributed by atoms with Gasteiger partial charge in [-0.25, -0.2) is 4.79 Å². The third kappa shape index (κ3) is 6.82. The van der Waals surface area contributed by atoms with E-state index in [1.807, 2.05) is 75.1 Å². The number of nitrogens with one attached hydrogen (secondary N) is 1. The molecule has 3 amide bonds. The number of rotatable bonds is 7. The summed E-state index contributed by atoms with van der Waals surface area (Å²) < 4.78 is 5.68. The van der Waals surface area contributed by atoms with Gasteiger partial charge in [0.05, 0.1) is 5.92 Å². The van der Waals surface area contributed by atoms with Gasteiger partial charge in [-0.15, -0.1) is 0 Å². The van der Waals surface area contributed by atoms with Crippen molar-refractivity contribution in [2.75, 3.05) is 31.5 Å². The maximum Gasteiger partial charge on any atom is 0.410 e. The molecule has 7 nitrogen and oxygen atoms in total. The maximum absolute atomic E-state index is 14.0. The molecule has 7 heteroatoms. The number of amides is 3. The molecular weight excluding hydrogens is 478 g/mol. The molecule has 1 saturated heterocycles. The van der Waals surface area contributed by atoms with Gasteiger partial charge >= 0.3 is 6.09 Å². The minimum atomic E-state index is -0.582. The topological polar surface area (TPSA) is 79.0 Å². The summed E-state index contributed by atoms with van der Waals surface area (Å²) in [6.07, 6.45) is 0.591. The number of para-hydroxylation sites is 1. The number of carbonyl (C=O) groups is 3. The van der Waals surface area contributed by atoms with Crippen LogP contribution in [0.25, 0.3) is 0 Å². The molecule has 2 heterocycles. The molecule has 0 bridgehead atoms. The Hall–Kier alpha value is -3.61. The van der Waals surface area contributed by atoms with Gasteiger partial charge in [0.1, 0.15) is 5.60 Å². The third-order valence-corrected chi connectivity index (χ3v) is 7.09. The predicted molar refractivity (Wildman–Crippen MR) is 149 cm³/mol. The molecule has 0 spiro atoms. The number of nitrogens with zero attached hydrogens (tertiary/aromatic N) is 2. The maximum atomic E-state index is 14.0. The van der Waals surface area contributed by atoms with Crippen molar-refractivity contribution < 1.29 is 19.1 Å². The van der Waals surface area contributed by atoms with Crippen molar-refractivity contribution in [1.82, 2.24) is 9.80 Å². The van der Waals surface area contributed by atoms with Crippen molar-refractivity contribution in [3.63, 3.8) is 0 Å². The summed E-state index contributed by atoms with van der Waals surface area (Å²) in [4.78, 5) is 43.1. The molecule has 0 aromatic heterocycles. The zero-order valence-corrected chi connectivity index (χ0v) is 22.9. The summed E-state index contributed by atoms with van der Waals surface area (Å²) in [5.41, 5.74) is 3.02. The van der Waals surface area contributed by atoms with Crippen LogP contribution in [0.5, 0.6) is 0 Å². The molecule has 2 aromatic rings. The first-order valence-electron chi connectivity index (χ1n) is 13.3. The first-order chi connectivity index (χ1) is 18.0. The first kappa shape index (κ1) is 27.4. The highest BCUT2D eigenvalue weighted by Gasteiger charge is 2.40. The number of anilines is 1. The molecule has 2 aromatic carbocycles. The zero-order valence-electron chi connectivity index (χ0n) is 22.9. The molecule has 38 heavy (non-hydrogen) atoms. The highest BCUT2D eigenvalue weighted by Crippen LogP contribution is 2.35. The Morgan fingerprint density at radius 2 is 1.71 bits per heavy atom. The second-order valence-corrected chi connectivity index (χ2v) is 11.7. The highest BCUT2D eigenvalue weighted by molar-refractivity contribution is 6.01. The summed E-state index contributed by atoms with van der Waals surface area (Å²) in [5, 5.41) is 2.88. The molecular formula is C31H39N3O4. The predicted octanol–water partition coefficient (Wildman–Crippen LogP) is 5.24. The monoisotopic (exact) mass is 517 g/mol. The molecule has 202 valence electrons. The normalized spacial score (nSPS) is 20.9. The van der Waals surface area contributed by atoms with Crippen molar-refractivity contribution in [2.45, 2.75) is 52.1 Å². The van der Waals surface area contributed by atoms with E-state index in [2.05, 4.69) is 24.0 Å². The average Bonchev–Trinajstić information content (AvgIpc) is 3.24. The molecule has 2 aliphatic rings. The number of fused-ring (bicyclic) bond motifs is 1. The Morgan fingerprint density at radius 3 is 2.39 bits per heavy atom. The molecule has 1 N–H and O–H groups in total. The van der Waals surface area contributed by atoms with Crippen LogP contribution < -0.4 is 5.32 Å². The molecule has 3 atom stereocenters. The summed E-state index contributed by atoms with van der Waals surface area (Å²) >= 11 is 0. The molecule has 1 fully saturated rings. The number of hydrogen-bond donors (Lipinski definition) is 1. The van der Waals surface area contributed by atoms with Crippen LogP contribution in [0.3, 0.4) is 0 Å². The van der Waals surface area contributed by atoms with Crippen LogP contribution in [0.4, 0.5) is 10.5 Å². The van der Waals surface area contributed by atoms with E-state index in [0.717, 1.165) is 17.6 Å². The van der Waals surface area contributed by atoms with Crippen LogP contribution in [0.15, 0.2) is 66.7 Å². The van der Waals surface area contributed by atoms with Gasteiger partial charge in [0.2, 0.25) is 11.8 Å². The van der Waals surface area contributed by atoms with Crippen molar-refractivity contribution >= 4 is 23.6 Å². The van der Waals surface area contributed by atoms with Crippen LogP contribution in [-0.2, 0) is 20.7 Å². The van der Waals surface area contributed by atoms with Gasteiger partial charge in [-0.05, 0) is 63.1 Å². The van der Waals surface area contributed by atoms with Crippen LogP contribution in [-0.4, -0.2) is 59.5 Å². The summed E-state index contributed by atoms with van der Waals surface area (Å²) in [6, 6.07) is 17.7. The van der Waals surface area contributed by atoms with Gasteiger partial charge in [-0.1, -0.05) is 60.7 Å². The average molecular weight is 518 g/mol. The standard InChI is InChI=1S/C31H39N3O4/c1-21(2)17-33(29(36)26-16-28(35)32-27-14-10-9-13-25(26)27)19-24-20-34(30(37)38-31(3,4)5)18-23(24)15-22-11-7-6-8-12-22/h6-14,23-24,26H,1,15-20H2,2-5H3,(H,32,35)/t23-,24-,26?/m1/s1. The smallest absolute Gasteiger partial charge is 0.410 e. The van der Waals surface area contributed by atoms with Crippen molar-refractivity contribution in [1.29, 1.82) is 0 Å². The Labute approximate surface area is 225 Å². The third-order valence-electron chi connectivity index (χ3n) is 7.09. The van der Waals surface area contributed by atoms with Crippen molar-refractivity contribution in [2.24, 2.45) is 11.8 Å².